The van der Waals surface area contributed by atoms with Gasteiger partial charge >= 0.3 is 6.61 Å². The van der Waals surface area contributed by atoms with Crippen LogP contribution in [0, 0.1) is 6.92 Å². The number of imidazole rings is 1. The van der Waals surface area contributed by atoms with Crippen molar-refractivity contribution in [2.45, 2.75) is 13.5 Å². The van der Waals surface area contributed by atoms with Crippen LogP contribution in [0.4, 0.5) is 14.5 Å². The lowest BCUT2D eigenvalue weighted by Crippen LogP contribution is -2.02. The standard InChI is InChI=1S/C15H13F2N3O/c1-9-19-13-8-10(18)2-7-14(13)20(9)11-3-5-12(6-4-11)21-15(16)17/h2-8,15H,18H2,1H3. The van der Waals surface area contributed by atoms with Crippen molar-refractivity contribution in [1.82, 2.24) is 9.55 Å². The van der Waals surface area contributed by atoms with Gasteiger partial charge < -0.3 is 10.5 Å². The molecule has 108 valence electrons. The van der Waals surface area contributed by atoms with Crippen molar-refractivity contribution in [2.24, 2.45) is 0 Å². The largest absolute Gasteiger partial charge is 0.435 e. The normalized spacial score (nSPS) is 11.2. The number of alkyl halides is 2. The summed E-state index contributed by atoms with van der Waals surface area (Å²) in [4.78, 5) is 4.45. The number of nitrogens with two attached hydrogens (primary N) is 1. The Kier molecular flexibility index (Phi) is 3.21. The molecule has 3 aromatic rings. The van der Waals surface area contributed by atoms with Crippen LogP contribution in [-0.4, -0.2) is 16.2 Å². The average Bonchev–Trinajstić information content (AvgIpc) is 2.74. The molecule has 1 aromatic heterocycles. The zero-order valence-corrected chi connectivity index (χ0v) is 11.3. The van der Waals surface area contributed by atoms with Crippen molar-refractivity contribution < 1.29 is 13.5 Å². The van der Waals surface area contributed by atoms with E-state index in [2.05, 4.69) is 9.72 Å². The maximum absolute atomic E-state index is 12.2. The molecule has 0 amide bonds. The predicted octanol–water partition coefficient (Wildman–Crippen LogP) is 3.52. The molecule has 6 heteroatoms. The van der Waals surface area contributed by atoms with Gasteiger partial charge in [0.2, 0.25) is 0 Å². The lowest BCUT2D eigenvalue weighted by Gasteiger charge is -2.09. The third kappa shape index (κ3) is 2.52. The number of fused-ring (bicyclic) bond motifs is 1. The highest BCUT2D eigenvalue weighted by Gasteiger charge is 2.10. The first-order valence-electron chi connectivity index (χ1n) is 6.34. The van der Waals surface area contributed by atoms with Gasteiger partial charge in [0, 0.05) is 11.4 Å². The molecule has 0 fully saturated rings. The molecule has 4 nitrogen and oxygen atoms in total. The number of anilines is 1. The van der Waals surface area contributed by atoms with Crippen molar-refractivity contribution in [3.8, 4) is 11.4 Å². The van der Waals surface area contributed by atoms with Gasteiger partial charge in [-0.1, -0.05) is 0 Å². The molecule has 0 unspecified atom stereocenters. The maximum Gasteiger partial charge on any atom is 0.387 e. The fourth-order valence-electron chi connectivity index (χ4n) is 2.32. The van der Waals surface area contributed by atoms with Gasteiger partial charge in [-0.3, -0.25) is 4.57 Å². The summed E-state index contributed by atoms with van der Waals surface area (Å²) in [6.07, 6.45) is 0. The molecule has 3 rings (SSSR count). The molecule has 0 bridgehead atoms. The maximum atomic E-state index is 12.2. The van der Waals surface area contributed by atoms with Crippen LogP contribution in [0.15, 0.2) is 42.5 Å². The van der Waals surface area contributed by atoms with E-state index in [1.54, 1.807) is 24.3 Å². The molecule has 1 heterocycles. The summed E-state index contributed by atoms with van der Waals surface area (Å²) in [5, 5.41) is 0. The number of benzene rings is 2. The van der Waals surface area contributed by atoms with Crippen LogP contribution in [0.2, 0.25) is 0 Å². The lowest BCUT2D eigenvalue weighted by molar-refractivity contribution is -0.0498. The van der Waals surface area contributed by atoms with Gasteiger partial charge in [0.25, 0.3) is 0 Å². The van der Waals surface area contributed by atoms with Crippen LogP contribution in [0.25, 0.3) is 16.7 Å². The number of aryl methyl sites for hydroxylation is 1. The molecular formula is C15H13F2N3O. The minimum absolute atomic E-state index is 0.125. The van der Waals surface area contributed by atoms with Crippen LogP contribution in [-0.2, 0) is 0 Å². The highest BCUT2D eigenvalue weighted by Crippen LogP contribution is 2.24. The van der Waals surface area contributed by atoms with Crippen molar-refractivity contribution >= 4 is 16.7 Å². The molecular weight excluding hydrogens is 276 g/mol. The molecule has 21 heavy (non-hydrogen) atoms. The first-order valence-corrected chi connectivity index (χ1v) is 6.34. The summed E-state index contributed by atoms with van der Waals surface area (Å²) in [5.74, 6) is 0.915. The van der Waals surface area contributed by atoms with E-state index < -0.39 is 6.61 Å². The van der Waals surface area contributed by atoms with Crippen molar-refractivity contribution in [1.29, 1.82) is 0 Å². The van der Waals surface area contributed by atoms with Crippen molar-refractivity contribution in [2.75, 3.05) is 5.73 Å². The molecule has 0 radical (unpaired) electrons. The second-order valence-electron chi connectivity index (χ2n) is 4.61. The fraction of sp³-hybridized carbons (Fsp3) is 0.133. The van der Waals surface area contributed by atoms with E-state index in [9.17, 15) is 8.78 Å². The summed E-state index contributed by atoms with van der Waals surface area (Å²) in [6, 6.07) is 11.9. The van der Waals surface area contributed by atoms with Crippen LogP contribution in [0.3, 0.4) is 0 Å². The van der Waals surface area contributed by atoms with Crippen molar-refractivity contribution in [3.05, 3.63) is 48.3 Å². The summed E-state index contributed by atoms with van der Waals surface area (Å²) in [7, 11) is 0. The van der Waals surface area contributed by atoms with E-state index in [4.69, 9.17) is 5.73 Å². The van der Waals surface area contributed by atoms with E-state index in [-0.39, 0.29) is 5.75 Å². The van der Waals surface area contributed by atoms with Gasteiger partial charge in [-0.2, -0.15) is 8.78 Å². The molecule has 0 aliphatic rings. The Bertz CT molecular complexity index is 781. The zero-order valence-electron chi connectivity index (χ0n) is 11.3. The quantitative estimate of drug-likeness (QED) is 0.751. The molecule has 0 saturated carbocycles. The van der Waals surface area contributed by atoms with Gasteiger partial charge in [-0.15, -0.1) is 0 Å². The number of rotatable bonds is 3. The second-order valence-corrected chi connectivity index (χ2v) is 4.61. The molecule has 2 aromatic carbocycles. The van der Waals surface area contributed by atoms with Gasteiger partial charge in [0.1, 0.15) is 11.6 Å². The predicted molar refractivity (Wildman–Crippen MR) is 76.9 cm³/mol. The number of halogens is 2. The third-order valence-electron chi connectivity index (χ3n) is 3.17. The first-order chi connectivity index (χ1) is 10.0. The van der Waals surface area contributed by atoms with E-state index in [0.29, 0.717) is 5.69 Å². The van der Waals surface area contributed by atoms with Gasteiger partial charge in [0.15, 0.2) is 0 Å². The highest BCUT2D eigenvalue weighted by molar-refractivity contribution is 5.81. The van der Waals surface area contributed by atoms with Crippen LogP contribution in [0.5, 0.6) is 5.75 Å². The smallest absolute Gasteiger partial charge is 0.387 e. The highest BCUT2D eigenvalue weighted by atomic mass is 19.3. The van der Waals surface area contributed by atoms with Crippen LogP contribution in [0.1, 0.15) is 5.82 Å². The molecule has 0 saturated heterocycles. The zero-order chi connectivity index (χ0) is 15.0. The Morgan fingerprint density at radius 1 is 1.14 bits per heavy atom. The van der Waals surface area contributed by atoms with Gasteiger partial charge in [-0.05, 0) is 49.4 Å². The fourth-order valence-corrected chi connectivity index (χ4v) is 2.32. The topological polar surface area (TPSA) is 53.1 Å². The summed E-state index contributed by atoms with van der Waals surface area (Å²) < 4.78 is 30.6. The number of aromatic nitrogens is 2. The summed E-state index contributed by atoms with van der Waals surface area (Å²) in [6.45, 7) is -0.950. The monoisotopic (exact) mass is 289 g/mol. The Balaban J connectivity index is 2.05. The molecule has 2 N–H and O–H groups in total. The molecule has 0 aliphatic carbocycles. The first kappa shape index (κ1) is 13.4. The second kappa shape index (κ2) is 5.05. The molecule has 0 spiro atoms. The van der Waals surface area contributed by atoms with Crippen LogP contribution >= 0.6 is 0 Å². The third-order valence-corrected chi connectivity index (χ3v) is 3.17. The van der Waals surface area contributed by atoms with Crippen LogP contribution < -0.4 is 10.5 Å². The van der Waals surface area contributed by atoms with Gasteiger partial charge in [0.05, 0.1) is 11.0 Å². The number of hydrogen-bond acceptors (Lipinski definition) is 3. The Morgan fingerprint density at radius 3 is 2.52 bits per heavy atom. The number of hydrogen-bond donors (Lipinski definition) is 1. The SMILES string of the molecule is Cc1nc2cc(N)ccc2n1-c1ccc(OC(F)F)cc1. The van der Waals surface area contributed by atoms with Crippen molar-refractivity contribution in [3.63, 3.8) is 0 Å². The lowest BCUT2D eigenvalue weighted by atomic mass is 10.2. The summed E-state index contributed by atoms with van der Waals surface area (Å²) >= 11 is 0. The Hall–Kier alpha value is -2.63. The van der Waals surface area contributed by atoms with E-state index in [1.807, 2.05) is 17.6 Å². The van der Waals surface area contributed by atoms with E-state index in [0.717, 1.165) is 22.5 Å². The minimum atomic E-state index is -2.82. The van der Waals surface area contributed by atoms with Gasteiger partial charge in [-0.25, -0.2) is 4.98 Å². The molecule has 0 aliphatic heterocycles. The Morgan fingerprint density at radius 2 is 1.86 bits per heavy atom. The molecule has 0 atom stereocenters. The van der Waals surface area contributed by atoms with E-state index in [1.165, 1.54) is 12.1 Å². The number of nitrogen functional groups attached to an aromatic ring is 1. The summed E-state index contributed by atoms with van der Waals surface area (Å²) in [5.41, 5.74) is 8.92. The number of ether oxygens (including phenoxy) is 1. The number of nitrogens with zero attached hydrogens (tertiary/aromatic N) is 2. The minimum Gasteiger partial charge on any atom is -0.435 e. The average molecular weight is 289 g/mol. The Labute approximate surface area is 119 Å². The van der Waals surface area contributed by atoms with E-state index >= 15 is 0 Å².